The number of benzene rings is 1. The van der Waals surface area contributed by atoms with Crippen LogP contribution in [-0.2, 0) is 4.79 Å². The summed E-state index contributed by atoms with van der Waals surface area (Å²) >= 11 is 0. The van der Waals surface area contributed by atoms with Gasteiger partial charge in [-0.1, -0.05) is 25.3 Å². The number of carboxylic acids is 1. The highest BCUT2D eigenvalue weighted by molar-refractivity contribution is 5.98. The molecular weight excluding hydrogens is 296 g/mol. The minimum Gasteiger partial charge on any atom is -0.480 e. The fourth-order valence-corrected chi connectivity index (χ4v) is 2.97. The third kappa shape index (κ3) is 3.08. The van der Waals surface area contributed by atoms with Crippen molar-refractivity contribution in [1.29, 1.82) is 0 Å². The van der Waals surface area contributed by atoms with Crippen molar-refractivity contribution in [2.45, 2.75) is 37.6 Å². The zero-order chi connectivity index (χ0) is 16.3. The third-order valence-corrected chi connectivity index (χ3v) is 4.26. The summed E-state index contributed by atoms with van der Waals surface area (Å²) < 4.78 is 1.55. The van der Waals surface area contributed by atoms with Gasteiger partial charge in [-0.25, -0.2) is 14.5 Å². The minimum atomic E-state index is -1.15. The first kappa shape index (κ1) is 15.2. The van der Waals surface area contributed by atoms with Crippen molar-refractivity contribution < 1.29 is 14.7 Å². The number of amides is 1. The smallest absolute Gasteiger partial charge is 0.329 e. The fourth-order valence-electron chi connectivity index (χ4n) is 2.97. The first-order valence-electron chi connectivity index (χ1n) is 7.62. The molecule has 1 saturated carbocycles. The number of aromatic nitrogens is 3. The summed E-state index contributed by atoms with van der Waals surface area (Å²) in [5.74, 6) is -1.34. The summed E-state index contributed by atoms with van der Waals surface area (Å²) in [6.45, 7) is 0. The Morgan fingerprint density at radius 2 is 2.00 bits per heavy atom. The predicted molar refractivity (Wildman–Crippen MR) is 82.3 cm³/mol. The van der Waals surface area contributed by atoms with Crippen molar-refractivity contribution in [3.8, 4) is 5.69 Å². The van der Waals surface area contributed by atoms with E-state index in [2.05, 4.69) is 15.4 Å². The molecule has 1 aromatic heterocycles. The van der Waals surface area contributed by atoms with Crippen LogP contribution in [0.1, 0.15) is 42.5 Å². The molecule has 1 amide bonds. The molecule has 0 radical (unpaired) electrons. The summed E-state index contributed by atoms with van der Waals surface area (Å²) in [6, 6.07) is 6.87. The van der Waals surface area contributed by atoms with Crippen molar-refractivity contribution in [3.05, 3.63) is 42.5 Å². The summed E-state index contributed by atoms with van der Waals surface area (Å²) in [7, 11) is 0. The molecule has 1 heterocycles. The van der Waals surface area contributed by atoms with Crippen LogP contribution in [0.4, 0.5) is 0 Å². The standard InChI is InChI=1S/C16H18N4O3/c21-14(19-16(15(22)23)7-2-1-3-8-16)12-5-4-6-13(9-12)20-11-17-10-18-20/h4-6,9-11H,1-3,7-8H2,(H,19,21)(H,22,23). The molecule has 0 unspecified atom stereocenters. The lowest BCUT2D eigenvalue weighted by molar-refractivity contribution is -0.145. The van der Waals surface area contributed by atoms with E-state index in [1.807, 2.05) is 0 Å². The van der Waals surface area contributed by atoms with Gasteiger partial charge in [0.15, 0.2) is 0 Å². The van der Waals surface area contributed by atoms with Crippen molar-refractivity contribution in [3.63, 3.8) is 0 Å². The largest absolute Gasteiger partial charge is 0.480 e. The molecule has 0 aliphatic heterocycles. The SMILES string of the molecule is O=C(NC1(C(=O)O)CCCCC1)c1cccc(-n2cncn2)c1. The second-order valence-corrected chi connectivity index (χ2v) is 5.79. The van der Waals surface area contributed by atoms with E-state index >= 15 is 0 Å². The van der Waals surface area contributed by atoms with Gasteiger partial charge < -0.3 is 10.4 Å². The van der Waals surface area contributed by atoms with Gasteiger partial charge >= 0.3 is 5.97 Å². The van der Waals surface area contributed by atoms with Crippen LogP contribution in [-0.4, -0.2) is 37.3 Å². The second-order valence-electron chi connectivity index (χ2n) is 5.79. The number of nitrogens with zero attached hydrogens (tertiary/aromatic N) is 3. The molecule has 7 nitrogen and oxygen atoms in total. The van der Waals surface area contributed by atoms with E-state index in [1.54, 1.807) is 28.9 Å². The Hall–Kier alpha value is -2.70. The molecule has 2 N–H and O–H groups in total. The topological polar surface area (TPSA) is 97.1 Å². The van der Waals surface area contributed by atoms with E-state index < -0.39 is 11.5 Å². The van der Waals surface area contributed by atoms with Crippen LogP contribution in [0.15, 0.2) is 36.9 Å². The van der Waals surface area contributed by atoms with Crippen molar-refractivity contribution in [2.75, 3.05) is 0 Å². The van der Waals surface area contributed by atoms with Gasteiger partial charge in [-0.2, -0.15) is 5.10 Å². The molecule has 1 aliphatic rings. The van der Waals surface area contributed by atoms with Gasteiger partial charge in [0.2, 0.25) is 0 Å². The molecule has 1 aliphatic carbocycles. The van der Waals surface area contributed by atoms with E-state index in [9.17, 15) is 14.7 Å². The first-order valence-corrected chi connectivity index (χ1v) is 7.62. The Morgan fingerprint density at radius 1 is 1.22 bits per heavy atom. The van der Waals surface area contributed by atoms with E-state index in [4.69, 9.17) is 0 Å². The number of carboxylic acid groups (broad SMARTS) is 1. The van der Waals surface area contributed by atoms with Gasteiger partial charge in [0.1, 0.15) is 18.2 Å². The minimum absolute atomic E-state index is 0.378. The molecule has 1 aromatic carbocycles. The van der Waals surface area contributed by atoms with Gasteiger partial charge in [0, 0.05) is 5.56 Å². The number of hydrogen-bond acceptors (Lipinski definition) is 4. The normalized spacial score (nSPS) is 16.7. The van der Waals surface area contributed by atoms with E-state index in [1.165, 1.54) is 12.7 Å². The zero-order valence-corrected chi connectivity index (χ0v) is 12.6. The molecule has 0 atom stereocenters. The highest BCUT2D eigenvalue weighted by Gasteiger charge is 2.41. The molecule has 120 valence electrons. The predicted octanol–water partition coefficient (Wildman–Crippen LogP) is 1.78. The lowest BCUT2D eigenvalue weighted by Crippen LogP contribution is -2.55. The van der Waals surface area contributed by atoms with E-state index in [0.29, 0.717) is 24.1 Å². The molecule has 1 fully saturated rings. The Morgan fingerprint density at radius 3 is 2.65 bits per heavy atom. The van der Waals surface area contributed by atoms with Crippen molar-refractivity contribution in [1.82, 2.24) is 20.1 Å². The van der Waals surface area contributed by atoms with Crippen LogP contribution < -0.4 is 5.32 Å². The van der Waals surface area contributed by atoms with Crippen LogP contribution >= 0.6 is 0 Å². The average Bonchev–Trinajstić information content (AvgIpc) is 3.10. The molecule has 0 bridgehead atoms. The zero-order valence-electron chi connectivity index (χ0n) is 12.6. The van der Waals surface area contributed by atoms with Crippen LogP contribution in [0.3, 0.4) is 0 Å². The van der Waals surface area contributed by atoms with Crippen LogP contribution in [0.5, 0.6) is 0 Å². The average molecular weight is 314 g/mol. The van der Waals surface area contributed by atoms with Gasteiger partial charge in [-0.3, -0.25) is 4.79 Å². The number of aliphatic carboxylic acids is 1. The maximum atomic E-state index is 12.5. The monoisotopic (exact) mass is 314 g/mol. The number of hydrogen-bond donors (Lipinski definition) is 2. The second kappa shape index (κ2) is 6.20. The van der Waals surface area contributed by atoms with E-state index in [0.717, 1.165) is 19.3 Å². The lowest BCUT2D eigenvalue weighted by Gasteiger charge is -2.34. The van der Waals surface area contributed by atoms with Crippen molar-refractivity contribution >= 4 is 11.9 Å². The molecule has 7 heteroatoms. The highest BCUT2D eigenvalue weighted by atomic mass is 16.4. The van der Waals surface area contributed by atoms with E-state index in [-0.39, 0.29) is 5.91 Å². The number of nitrogens with one attached hydrogen (secondary N) is 1. The maximum Gasteiger partial charge on any atom is 0.329 e. The molecule has 0 spiro atoms. The molecular formula is C16H18N4O3. The van der Waals surface area contributed by atoms with Gasteiger partial charge in [0.25, 0.3) is 5.91 Å². The quantitative estimate of drug-likeness (QED) is 0.896. The summed E-state index contributed by atoms with van der Waals surface area (Å²) in [5, 5.41) is 16.3. The Kier molecular flexibility index (Phi) is 4.10. The molecule has 0 saturated heterocycles. The summed E-state index contributed by atoms with van der Waals surface area (Å²) in [6.07, 6.45) is 6.52. The summed E-state index contributed by atoms with van der Waals surface area (Å²) in [4.78, 5) is 28.1. The van der Waals surface area contributed by atoms with Crippen LogP contribution in [0.25, 0.3) is 5.69 Å². The molecule has 23 heavy (non-hydrogen) atoms. The highest BCUT2D eigenvalue weighted by Crippen LogP contribution is 2.29. The Balaban J connectivity index is 1.83. The molecule has 3 rings (SSSR count). The first-order chi connectivity index (χ1) is 11.1. The molecule has 2 aromatic rings. The van der Waals surface area contributed by atoms with Crippen LogP contribution in [0, 0.1) is 0 Å². The van der Waals surface area contributed by atoms with Gasteiger partial charge in [0.05, 0.1) is 5.69 Å². The summed E-state index contributed by atoms with van der Waals surface area (Å²) in [5.41, 5.74) is -0.0501. The Bertz CT molecular complexity index is 706. The number of carbonyl (C=O) groups is 2. The Labute approximate surface area is 133 Å². The van der Waals surface area contributed by atoms with Gasteiger partial charge in [-0.05, 0) is 31.0 Å². The van der Waals surface area contributed by atoms with Gasteiger partial charge in [-0.15, -0.1) is 0 Å². The fraction of sp³-hybridized carbons (Fsp3) is 0.375. The van der Waals surface area contributed by atoms with Crippen LogP contribution in [0.2, 0.25) is 0 Å². The lowest BCUT2D eigenvalue weighted by atomic mass is 9.81. The van der Waals surface area contributed by atoms with Crippen molar-refractivity contribution in [2.24, 2.45) is 0 Å². The third-order valence-electron chi connectivity index (χ3n) is 4.26. The number of rotatable bonds is 4. The maximum absolute atomic E-state index is 12.5. The number of carbonyl (C=O) groups excluding carboxylic acids is 1.